The van der Waals surface area contributed by atoms with Gasteiger partial charge in [0.2, 0.25) is 0 Å². The van der Waals surface area contributed by atoms with Gasteiger partial charge in [-0.15, -0.1) is 0 Å². The molecule has 4 nitrogen and oxygen atoms in total. The lowest BCUT2D eigenvalue weighted by molar-refractivity contribution is -0.0383. The van der Waals surface area contributed by atoms with Gasteiger partial charge in [-0.05, 0) is 25.7 Å². The molecule has 1 spiro atoms. The van der Waals surface area contributed by atoms with Gasteiger partial charge >= 0.3 is 0 Å². The van der Waals surface area contributed by atoms with Crippen molar-refractivity contribution in [2.75, 3.05) is 6.61 Å². The van der Waals surface area contributed by atoms with E-state index in [1.165, 1.54) is 19.3 Å². The first-order valence-electron chi connectivity index (χ1n) is 5.15. The third kappa shape index (κ3) is 1.86. The first-order chi connectivity index (χ1) is 6.22. The van der Waals surface area contributed by atoms with Crippen molar-refractivity contribution in [3.05, 3.63) is 0 Å². The molecule has 0 radical (unpaired) electrons. The van der Waals surface area contributed by atoms with E-state index in [-0.39, 0.29) is 17.9 Å². The number of hydrogen-bond acceptors (Lipinski definition) is 4. The van der Waals surface area contributed by atoms with E-state index in [1.807, 2.05) is 0 Å². The highest BCUT2D eigenvalue weighted by atomic mass is 16.5. The molecule has 1 saturated carbocycles. The van der Waals surface area contributed by atoms with E-state index in [2.05, 4.69) is 5.32 Å². The highest BCUT2D eigenvalue weighted by Gasteiger charge is 2.41. The summed E-state index contributed by atoms with van der Waals surface area (Å²) in [6, 6.07) is 0.137. The number of nitrogens with two attached hydrogens (primary N) is 2. The summed E-state index contributed by atoms with van der Waals surface area (Å²) in [6.45, 7) is 0.664. The summed E-state index contributed by atoms with van der Waals surface area (Å²) in [6.07, 6.45) is 5.73. The third-order valence-corrected chi connectivity index (χ3v) is 3.11. The van der Waals surface area contributed by atoms with Crippen LogP contribution in [0.4, 0.5) is 0 Å². The van der Waals surface area contributed by atoms with Crippen molar-refractivity contribution in [1.82, 2.24) is 5.32 Å². The van der Waals surface area contributed by atoms with Gasteiger partial charge in [-0.2, -0.15) is 0 Å². The average molecular weight is 185 g/mol. The van der Waals surface area contributed by atoms with Gasteiger partial charge in [0, 0.05) is 0 Å². The van der Waals surface area contributed by atoms with E-state index in [9.17, 15) is 0 Å². The molecule has 76 valence electrons. The molecule has 0 aromatic carbocycles. The van der Waals surface area contributed by atoms with Crippen molar-refractivity contribution in [3.63, 3.8) is 0 Å². The molecular formula is C9H19N3O. The van der Waals surface area contributed by atoms with E-state index in [4.69, 9.17) is 16.2 Å². The summed E-state index contributed by atoms with van der Waals surface area (Å²) in [5.74, 6) is 0. The Morgan fingerprint density at radius 1 is 1.23 bits per heavy atom. The normalized spacial score (nSPS) is 33.0. The Balaban J connectivity index is 1.94. The average Bonchev–Trinajstić information content (AvgIpc) is 2.51. The second kappa shape index (κ2) is 3.53. The first kappa shape index (κ1) is 9.40. The fourth-order valence-electron chi connectivity index (χ4n) is 2.29. The van der Waals surface area contributed by atoms with Gasteiger partial charge in [-0.3, -0.25) is 5.32 Å². The van der Waals surface area contributed by atoms with E-state index < -0.39 is 0 Å². The highest BCUT2D eigenvalue weighted by Crippen LogP contribution is 2.32. The van der Waals surface area contributed by atoms with Gasteiger partial charge in [0.1, 0.15) is 5.72 Å². The lowest BCUT2D eigenvalue weighted by atomic mass is 9.92. The molecule has 1 heterocycles. The van der Waals surface area contributed by atoms with Crippen LogP contribution >= 0.6 is 0 Å². The summed E-state index contributed by atoms with van der Waals surface area (Å²) < 4.78 is 5.78. The van der Waals surface area contributed by atoms with Crippen LogP contribution in [0.15, 0.2) is 0 Å². The summed E-state index contributed by atoms with van der Waals surface area (Å²) in [7, 11) is 0. The quantitative estimate of drug-likeness (QED) is 0.498. The zero-order chi connectivity index (χ0) is 9.31. The van der Waals surface area contributed by atoms with Crippen molar-refractivity contribution in [2.45, 2.75) is 50.0 Å². The van der Waals surface area contributed by atoms with Gasteiger partial charge in [0.05, 0.1) is 18.8 Å². The predicted molar refractivity (Wildman–Crippen MR) is 50.9 cm³/mol. The monoisotopic (exact) mass is 185 g/mol. The van der Waals surface area contributed by atoms with Gasteiger partial charge in [0.15, 0.2) is 0 Å². The number of ether oxygens (including phenoxy) is 1. The van der Waals surface area contributed by atoms with Crippen LogP contribution in [-0.2, 0) is 4.74 Å². The molecule has 0 amide bonds. The molecule has 1 aliphatic heterocycles. The first-order valence-corrected chi connectivity index (χ1v) is 5.15. The standard InChI is InChI=1S/C9H19N3O/c10-8(11)7-6-13-9(12-7)4-2-1-3-5-9/h7-8,12H,1-6,10-11H2/t7-/m1/s1. The molecule has 0 aromatic heterocycles. The van der Waals surface area contributed by atoms with Gasteiger partial charge < -0.3 is 16.2 Å². The maximum absolute atomic E-state index is 5.78. The van der Waals surface area contributed by atoms with E-state index >= 15 is 0 Å². The zero-order valence-electron chi connectivity index (χ0n) is 7.96. The minimum absolute atomic E-state index is 0.0834. The highest BCUT2D eigenvalue weighted by molar-refractivity contribution is 4.93. The van der Waals surface area contributed by atoms with Gasteiger partial charge in [-0.25, -0.2) is 0 Å². The van der Waals surface area contributed by atoms with Crippen LogP contribution in [0.2, 0.25) is 0 Å². The second-order valence-corrected chi connectivity index (χ2v) is 4.19. The Morgan fingerprint density at radius 2 is 1.92 bits per heavy atom. The van der Waals surface area contributed by atoms with Crippen LogP contribution in [0.1, 0.15) is 32.1 Å². The molecular weight excluding hydrogens is 166 g/mol. The number of hydrogen-bond donors (Lipinski definition) is 3. The molecule has 4 heteroatoms. The fraction of sp³-hybridized carbons (Fsp3) is 1.00. The lowest BCUT2D eigenvalue weighted by Crippen LogP contribution is -2.54. The third-order valence-electron chi connectivity index (χ3n) is 3.11. The molecule has 2 rings (SSSR count). The Bertz CT molecular complexity index is 178. The SMILES string of the molecule is NC(N)[C@H]1COC2(CCCCC2)N1. The summed E-state index contributed by atoms with van der Waals surface area (Å²) in [5.41, 5.74) is 11.2. The zero-order valence-corrected chi connectivity index (χ0v) is 7.96. The maximum atomic E-state index is 5.78. The lowest BCUT2D eigenvalue weighted by Gasteiger charge is -2.33. The fourth-order valence-corrected chi connectivity index (χ4v) is 2.29. The Morgan fingerprint density at radius 3 is 2.46 bits per heavy atom. The largest absolute Gasteiger partial charge is 0.359 e. The molecule has 1 atom stereocenters. The topological polar surface area (TPSA) is 73.3 Å². The van der Waals surface area contributed by atoms with Crippen molar-refractivity contribution >= 4 is 0 Å². The predicted octanol–water partition coefficient (Wildman–Crippen LogP) is -0.121. The summed E-state index contributed by atoms with van der Waals surface area (Å²) >= 11 is 0. The van der Waals surface area contributed by atoms with Crippen LogP contribution in [-0.4, -0.2) is 24.5 Å². The van der Waals surface area contributed by atoms with Gasteiger partial charge in [-0.1, -0.05) is 6.42 Å². The molecule has 2 fully saturated rings. The van der Waals surface area contributed by atoms with Gasteiger partial charge in [0.25, 0.3) is 0 Å². The van der Waals surface area contributed by atoms with Crippen molar-refractivity contribution in [2.24, 2.45) is 11.5 Å². The van der Waals surface area contributed by atoms with Crippen LogP contribution in [0, 0.1) is 0 Å². The van der Waals surface area contributed by atoms with Crippen LogP contribution < -0.4 is 16.8 Å². The van der Waals surface area contributed by atoms with Crippen LogP contribution in [0.5, 0.6) is 0 Å². The van der Waals surface area contributed by atoms with Crippen molar-refractivity contribution < 1.29 is 4.74 Å². The minimum Gasteiger partial charge on any atom is -0.359 e. The second-order valence-electron chi connectivity index (χ2n) is 4.19. The van der Waals surface area contributed by atoms with E-state index in [0.717, 1.165) is 12.8 Å². The molecule has 0 aromatic rings. The van der Waals surface area contributed by atoms with Crippen molar-refractivity contribution in [3.8, 4) is 0 Å². The van der Waals surface area contributed by atoms with Crippen LogP contribution in [0.25, 0.3) is 0 Å². The summed E-state index contributed by atoms with van der Waals surface area (Å²) in [5, 5.41) is 3.43. The number of nitrogens with one attached hydrogen (secondary N) is 1. The molecule has 1 saturated heterocycles. The molecule has 2 aliphatic rings. The molecule has 13 heavy (non-hydrogen) atoms. The summed E-state index contributed by atoms with van der Waals surface area (Å²) in [4.78, 5) is 0. The Hall–Kier alpha value is -0.160. The Kier molecular flexibility index (Phi) is 2.55. The van der Waals surface area contributed by atoms with E-state index in [1.54, 1.807) is 0 Å². The molecule has 0 unspecified atom stereocenters. The molecule has 0 bridgehead atoms. The van der Waals surface area contributed by atoms with Crippen molar-refractivity contribution in [1.29, 1.82) is 0 Å². The minimum atomic E-state index is -0.304. The number of rotatable bonds is 1. The van der Waals surface area contributed by atoms with E-state index in [0.29, 0.717) is 6.61 Å². The maximum Gasteiger partial charge on any atom is 0.119 e. The molecule has 1 aliphatic carbocycles. The molecule has 5 N–H and O–H groups in total. The Labute approximate surface area is 79.0 Å². The van der Waals surface area contributed by atoms with Crippen LogP contribution in [0.3, 0.4) is 0 Å². The smallest absolute Gasteiger partial charge is 0.119 e.